The third-order valence-corrected chi connectivity index (χ3v) is 2.42. The number of rotatable bonds is 5. The highest BCUT2D eigenvalue weighted by Crippen LogP contribution is 2.07. The molecule has 0 aliphatic heterocycles. The first-order chi connectivity index (χ1) is 7.61. The second kappa shape index (κ2) is 6.28. The molecule has 0 aliphatic carbocycles. The van der Waals surface area contributed by atoms with Crippen LogP contribution in [0.25, 0.3) is 0 Å². The van der Waals surface area contributed by atoms with Gasteiger partial charge in [-0.25, -0.2) is 5.01 Å². The number of carbonyl (C=O) groups excluding carboxylic acids is 1. The molecule has 0 bridgehead atoms. The molecule has 16 heavy (non-hydrogen) atoms. The van der Waals surface area contributed by atoms with Crippen molar-refractivity contribution in [2.45, 2.75) is 26.2 Å². The molecular formula is C13H20N2O. The van der Waals surface area contributed by atoms with Gasteiger partial charge in [0.05, 0.1) is 0 Å². The van der Waals surface area contributed by atoms with Crippen LogP contribution in [-0.2, 0) is 17.6 Å². The number of hydrogen-bond donors (Lipinski definition) is 1. The van der Waals surface area contributed by atoms with Crippen molar-refractivity contribution in [3.8, 4) is 0 Å². The van der Waals surface area contributed by atoms with Gasteiger partial charge in [0.25, 0.3) is 0 Å². The van der Waals surface area contributed by atoms with E-state index in [1.807, 2.05) is 14.1 Å². The van der Waals surface area contributed by atoms with E-state index in [-0.39, 0.29) is 5.91 Å². The Balaban J connectivity index is 2.39. The minimum Gasteiger partial charge on any atom is -0.289 e. The summed E-state index contributed by atoms with van der Waals surface area (Å²) in [7, 11) is 3.63. The van der Waals surface area contributed by atoms with E-state index in [0.717, 1.165) is 12.8 Å². The number of nitrogens with one attached hydrogen (secondary N) is 1. The summed E-state index contributed by atoms with van der Waals surface area (Å²) in [5.74, 6) is 0.0598. The van der Waals surface area contributed by atoms with E-state index in [2.05, 4.69) is 36.6 Å². The fraction of sp³-hybridized carbons (Fsp3) is 0.462. The lowest BCUT2D eigenvalue weighted by Gasteiger charge is -2.11. The van der Waals surface area contributed by atoms with Gasteiger partial charge >= 0.3 is 0 Å². The summed E-state index contributed by atoms with van der Waals surface area (Å²) >= 11 is 0. The molecule has 0 spiro atoms. The zero-order valence-corrected chi connectivity index (χ0v) is 10.3. The fourth-order valence-electron chi connectivity index (χ4n) is 1.50. The first-order valence-electron chi connectivity index (χ1n) is 5.66. The SMILES string of the molecule is CCc1ccc(CCC(=O)NN(C)C)cc1. The Labute approximate surface area is 97.4 Å². The molecule has 3 heteroatoms. The topological polar surface area (TPSA) is 32.3 Å². The number of amides is 1. The highest BCUT2D eigenvalue weighted by atomic mass is 16.2. The van der Waals surface area contributed by atoms with Crippen molar-refractivity contribution in [2.24, 2.45) is 0 Å². The number of aryl methyl sites for hydroxylation is 2. The van der Waals surface area contributed by atoms with Crippen molar-refractivity contribution in [3.05, 3.63) is 35.4 Å². The number of hydrogen-bond acceptors (Lipinski definition) is 2. The Morgan fingerprint density at radius 3 is 2.25 bits per heavy atom. The Bertz CT molecular complexity index is 330. The van der Waals surface area contributed by atoms with Crippen LogP contribution in [0.3, 0.4) is 0 Å². The lowest BCUT2D eigenvalue weighted by atomic mass is 10.1. The monoisotopic (exact) mass is 220 g/mol. The molecule has 1 aromatic carbocycles. The predicted molar refractivity (Wildman–Crippen MR) is 66.0 cm³/mol. The van der Waals surface area contributed by atoms with Crippen LogP contribution in [0.5, 0.6) is 0 Å². The van der Waals surface area contributed by atoms with Gasteiger partial charge in [-0.3, -0.25) is 10.2 Å². The Morgan fingerprint density at radius 2 is 1.75 bits per heavy atom. The zero-order chi connectivity index (χ0) is 12.0. The van der Waals surface area contributed by atoms with Crippen LogP contribution in [0.4, 0.5) is 0 Å². The molecule has 0 saturated carbocycles. The van der Waals surface area contributed by atoms with Gasteiger partial charge in [-0.2, -0.15) is 0 Å². The summed E-state index contributed by atoms with van der Waals surface area (Å²) in [5, 5.41) is 1.67. The van der Waals surface area contributed by atoms with Gasteiger partial charge in [-0.1, -0.05) is 31.2 Å². The van der Waals surface area contributed by atoms with Crippen molar-refractivity contribution in [1.82, 2.24) is 10.4 Å². The molecule has 0 fully saturated rings. The van der Waals surface area contributed by atoms with Crippen molar-refractivity contribution in [1.29, 1.82) is 0 Å². The molecule has 0 atom stereocenters. The maximum Gasteiger partial charge on any atom is 0.234 e. The molecule has 0 radical (unpaired) electrons. The first-order valence-corrected chi connectivity index (χ1v) is 5.66. The van der Waals surface area contributed by atoms with Gasteiger partial charge < -0.3 is 0 Å². The summed E-state index contributed by atoms with van der Waals surface area (Å²) in [5.41, 5.74) is 5.28. The quantitative estimate of drug-likeness (QED) is 0.767. The summed E-state index contributed by atoms with van der Waals surface area (Å²) in [6, 6.07) is 8.45. The lowest BCUT2D eigenvalue weighted by molar-refractivity contribution is -0.124. The van der Waals surface area contributed by atoms with Gasteiger partial charge in [0.1, 0.15) is 0 Å². The molecule has 0 heterocycles. The van der Waals surface area contributed by atoms with Crippen LogP contribution < -0.4 is 5.43 Å². The standard InChI is InChI=1S/C13H20N2O/c1-4-11-5-7-12(8-6-11)9-10-13(16)14-15(2)3/h5-8H,4,9-10H2,1-3H3,(H,14,16). The molecule has 0 unspecified atom stereocenters. The van der Waals surface area contributed by atoms with E-state index < -0.39 is 0 Å². The van der Waals surface area contributed by atoms with Gasteiger partial charge in [0.15, 0.2) is 0 Å². The summed E-state index contributed by atoms with van der Waals surface area (Å²) in [4.78, 5) is 11.4. The second-order valence-electron chi connectivity index (χ2n) is 4.10. The predicted octanol–water partition coefficient (Wildman–Crippen LogP) is 1.77. The van der Waals surface area contributed by atoms with Crippen LogP contribution in [-0.4, -0.2) is 25.0 Å². The van der Waals surface area contributed by atoms with E-state index in [1.54, 1.807) is 5.01 Å². The summed E-state index contributed by atoms with van der Waals surface area (Å²) < 4.78 is 0. The Hall–Kier alpha value is -1.35. The molecule has 1 rings (SSSR count). The minimum atomic E-state index is 0.0598. The van der Waals surface area contributed by atoms with Crippen molar-refractivity contribution in [2.75, 3.05) is 14.1 Å². The third kappa shape index (κ3) is 4.45. The number of benzene rings is 1. The molecule has 1 N–H and O–H groups in total. The lowest BCUT2D eigenvalue weighted by Crippen LogP contribution is -2.36. The number of hydrazine groups is 1. The van der Waals surface area contributed by atoms with E-state index in [9.17, 15) is 4.79 Å². The highest BCUT2D eigenvalue weighted by molar-refractivity contribution is 5.75. The minimum absolute atomic E-state index is 0.0598. The third-order valence-electron chi connectivity index (χ3n) is 2.42. The van der Waals surface area contributed by atoms with Crippen LogP contribution in [0.1, 0.15) is 24.5 Å². The molecule has 1 amide bonds. The maximum atomic E-state index is 11.4. The summed E-state index contributed by atoms with van der Waals surface area (Å²) in [6.45, 7) is 2.14. The Morgan fingerprint density at radius 1 is 1.19 bits per heavy atom. The number of carbonyl (C=O) groups is 1. The van der Waals surface area contributed by atoms with E-state index in [4.69, 9.17) is 0 Å². The molecule has 0 aliphatic rings. The summed E-state index contributed by atoms with van der Waals surface area (Å²) in [6.07, 6.45) is 2.38. The van der Waals surface area contributed by atoms with Crippen LogP contribution >= 0.6 is 0 Å². The Kier molecular flexibility index (Phi) is 4.99. The average molecular weight is 220 g/mol. The maximum absolute atomic E-state index is 11.4. The van der Waals surface area contributed by atoms with Crippen molar-refractivity contribution < 1.29 is 4.79 Å². The van der Waals surface area contributed by atoms with E-state index >= 15 is 0 Å². The van der Waals surface area contributed by atoms with E-state index in [0.29, 0.717) is 6.42 Å². The smallest absolute Gasteiger partial charge is 0.234 e. The zero-order valence-electron chi connectivity index (χ0n) is 10.3. The normalized spacial score (nSPS) is 10.5. The highest BCUT2D eigenvalue weighted by Gasteiger charge is 2.02. The van der Waals surface area contributed by atoms with Crippen LogP contribution in [0.2, 0.25) is 0 Å². The second-order valence-corrected chi connectivity index (χ2v) is 4.10. The molecule has 1 aromatic rings. The van der Waals surface area contributed by atoms with Crippen LogP contribution in [0, 0.1) is 0 Å². The first kappa shape index (κ1) is 12.7. The fourth-order valence-corrected chi connectivity index (χ4v) is 1.50. The van der Waals surface area contributed by atoms with Crippen molar-refractivity contribution >= 4 is 5.91 Å². The van der Waals surface area contributed by atoms with Crippen LogP contribution in [0.15, 0.2) is 24.3 Å². The van der Waals surface area contributed by atoms with E-state index in [1.165, 1.54) is 11.1 Å². The van der Waals surface area contributed by atoms with Gasteiger partial charge in [0.2, 0.25) is 5.91 Å². The van der Waals surface area contributed by atoms with Gasteiger partial charge in [-0.05, 0) is 24.0 Å². The van der Waals surface area contributed by atoms with Crippen molar-refractivity contribution in [3.63, 3.8) is 0 Å². The van der Waals surface area contributed by atoms with Gasteiger partial charge in [-0.15, -0.1) is 0 Å². The molecule has 88 valence electrons. The largest absolute Gasteiger partial charge is 0.289 e. The van der Waals surface area contributed by atoms with Gasteiger partial charge in [0, 0.05) is 20.5 Å². The number of nitrogens with zero attached hydrogens (tertiary/aromatic N) is 1. The molecular weight excluding hydrogens is 200 g/mol. The molecule has 3 nitrogen and oxygen atoms in total. The molecule has 0 saturated heterocycles. The average Bonchev–Trinajstić information content (AvgIpc) is 2.26. The molecule has 0 aromatic heterocycles.